The highest BCUT2D eigenvalue weighted by Crippen LogP contribution is 2.63. The van der Waals surface area contributed by atoms with Gasteiger partial charge in [0.15, 0.2) is 0 Å². The summed E-state index contributed by atoms with van der Waals surface area (Å²) in [5.74, 6) is 1.94. The van der Waals surface area contributed by atoms with Gasteiger partial charge in [-0.15, -0.1) is 0 Å². The average molecular weight is 409 g/mol. The second-order valence-corrected chi connectivity index (χ2v) is 8.84. The van der Waals surface area contributed by atoms with Crippen molar-refractivity contribution in [1.29, 1.82) is 0 Å². The highest BCUT2D eigenvalue weighted by atomic mass is 35.5. The first-order chi connectivity index (χ1) is 14.0. The Balaban J connectivity index is 1.25. The van der Waals surface area contributed by atoms with Crippen LogP contribution in [0, 0.1) is 23.6 Å². The van der Waals surface area contributed by atoms with Gasteiger partial charge in [-0.2, -0.15) is 0 Å². The standard InChI is InChI=1S/C24H22ClFN2O/c1-13(28-24(29)14-2-4-16(25)5-3-14)23-20-10-15(11-21(20)23)18-8-9-27-22-7-6-17(26)12-19(18)22/h2-9,12-13,15,20-21,23H,10-11H2,1H3,(H,28,29)/t13?,15?,20-,21+,23?. The predicted octanol–water partition coefficient (Wildman–Crippen LogP) is 5.59. The minimum Gasteiger partial charge on any atom is -0.349 e. The fraction of sp³-hybridized carbons (Fsp3) is 0.333. The lowest BCUT2D eigenvalue weighted by molar-refractivity contribution is 0.0933. The van der Waals surface area contributed by atoms with Crippen molar-refractivity contribution in [3.63, 3.8) is 0 Å². The molecular weight excluding hydrogens is 387 g/mol. The molecule has 5 heteroatoms. The first-order valence-corrected chi connectivity index (χ1v) is 10.5. The van der Waals surface area contributed by atoms with Crippen LogP contribution in [0.25, 0.3) is 10.9 Å². The summed E-state index contributed by atoms with van der Waals surface area (Å²) in [6, 6.07) is 14.0. The van der Waals surface area contributed by atoms with Gasteiger partial charge in [0.25, 0.3) is 5.91 Å². The van der Waals surface area contributed by atoms with Crippen molar-refractivity contribution >= 4 is 28.4 Å². The molecule has 2 aliphatic rings. The molecule has 1 amide bonds. The highest BCUT2D eigenvalue weighted by molar-refractivity contribution is 6.30. The lowest BCUT2D eigenvalue weighted by Crippen LogP contribution is -2.35. The zero-order valence-corrected chi connectivity index (χ0v) is 16.9. The maximum absolute atomic E-state index is 13.8. The number of halogens is 2. The van der Waals surface area contributed by atoms with Crippen LogP contribution in [0.15, 0.2) is 54.7 Å². The summed E-state index contributed by atoms with van der Waals surface area (Å²) >= 11 is 5.90. The molecule has 2 aliphatic carbocycles. The van der Waals surface area contributed by atoms with Crippen molar-refractivity contribution < 1.29 is 9.18 Å². The zero-order valence-electron chi connectivity index (χ0n) is 16.1. The lowest BCUT2D eigenvalue weighted by atomic mass is 9.88. The predicted molar refractivity (Wildman–Crippen MR) is 113 cm³/mol. The van der Waals surface area contributed by atoms with Crippen molar-refractivity contribution in [3.05, 3.63) is 76.7 Å². The van der Waals surface area contributed by atoms with Gasteiger partial charge in [0.1, 0.15) is 5.82 Å². The van der Waals surface area contributed by atoms with E-state index in [1.165, 1.54) is 11.6 Å². The highest BCUT2D eigenvalue weighted by Gasteiger charge is 2.58. The van der Waals surface area contributed by atoms with E-state index >= 15 is 0 Å². The van der Waals surface area contributed by atoms with Gasteiger partial charge < -0.3 is 5.32 Å². The van der Waals surface area contributed by atoms with Crippen LogP contribution < -0.4 is 5.32 Å². The van der Waals surface area contributed by atoms with Crippen LogP contribution >= 0.6 is 11.6 Å². The smallest absolute Gasteiger partial charge is 0.251 e. The Morgan fingerprint density at radius 1 is 1.14 bits per heavy atom. The summed E-state index contributed by atoms with van der Waals surface area (Å²) < 4.78 is 13.8. The summed E-state index contributed by atoms with van der Waals surface area (Å²) in [7, 11) is 0. The van der Waals surface area contributed by atoms with E-state index in [-0.39, 0.29) is 17.8 Å². The molecule has 2 saturated carbocycles. The molecular formula is C24H22ClFN2O. The maximum Gasteiger partial charge on any atom is 0.251 e. The van der Waals surface area contributed by atoms with Crippen LogP contribution in [0.3, 0.4) is 0 Å². The van der Waals surface area contributed by atoms with Crippen LogP contribution in [-0.2, 0) is 0 Å². The summed E-state index contributed by atoms with van der Waals surface area (Å²) in [6.07, 6.45) is 4.00. The number of hydrogen-bond acceptors (Lipinski definition) is 2. The van der Waals surface area contributed by atoms with Crippen molar-refractivity contribution in [2.75, 3.05) is 0 Å². The van der Waals surface area contributed by atoms with Crippen molar-refractivity contribution in [3.8, 4) is 0 Å². The van der Waals surface area contributed by atoms with Gasteiger partial charge in [0, 0.05) is 28.2 Å². The Kier molecular flexibility index (Phi) is 4.54. The third kappa shape index (κ3) is 3.40. The number of amides is 1. The molecule has 5 atom stereocenters. The maximum atomic E-state index is 13.8. The molecule has 1 heterocycles. The third-order valence-electron chi connectivity index (χ3n) is 6.73. The van der Waals surface area contributed by atoms with Crippen LogP contribution in [-0.4, -0.2) is 16.9 Å². The number of fused-ring (bicyclic) bond motifs is 2. The monoisotopic (exact) mass is 408 g/mol. The molecule has 0 saturated heterocycles. The number of pyridine rings is 1. The molecule has 3 unspecified atom stereocenters. The van der Waals surface area contributed by atoms with Crippen LogP contribution in [0.1, 0.15) is 41.6 Å². The number of aromatic nitrogens is 1. The number of rotatable bonds is 4. The van der Waals surface area contributed by atoms with E-state index < -0.39 is 0 Å². The third-order valence-corrected chi connectivity index (χ3v) is 6.98. The number of hydrogen-bond donors (Lipinski definition) is 1. The van der Waals surface area contributed by atoms with E-state index in [4.69, 9.17) is 11.6 Å². The number of carbonyl (C=O) groups is 1. The normalized spacial score (nSPS) is 26.2. The van der Waals surface area contributed by atoms with Gasteiger partial charge in [-0.3, -0.25) is 9.78 Å². The SMILES string of the molecule is CC(NC(=O)c1ccc(Cl)cc1)C1[C@H]2CC(c3ccnc4ccc(F)cc34)C[C@@H]12. The van der Waals surface area contributed by atoms with E-state index in [1.54, 1.807) is 36.4 Å². The van der Waals surface area contributed by atoms with Gasteiger partial charge in [-0.1, -0.05) is 11.6 Å². The quantitative estimate of drug-likeness (QED) is 0.611. The van der Waals surface area contributed by atoms with E-state index in [2.05, 4.69) is 17.2 Å². The Morgan fingerprint density at radius 2 is 1.86 bits per heavy atom. The van der Waals surface area contributed by atoms with Gasteiger partial charge >= 0.3 is 0 Å². The van der Waals surface area contributed by atoms with E-state index in [0.29, 0.717) is 34.3 Å². The second kappa shape index (κ2) is 7.10. The van der Waals surface area contributed by atoms with E-state index in [1.807, 2.05) is 12.3 Å². The molecule has 0 bridgehead atoms. The molecule has 2 fully saturated rings. The average Bonchev–Trinajstić information content (AvgIpc) is 3.22. The van der Waals surface area contributed by atoms with E-state index in [0.717, 1.165) is 23.7 Å². The number of benzene rings is 2. The lowest BCUT2D eigenvalue weighted by Gasteiger charge is -2.20. The van der Waals surface area contributed by atoms with Crippen LogP contribution in [0.4, 0.5) is 4.39 Å². The molecule has 2 aromatic carbocycles. The Hall–Kier alpha value is -2.46. The minimum atomic E-state index is -0.216. The Morgan fingerprint density at radius 3 is 2.59 bits per heavy atom. The zero-order chi connectivity index (χ0) is 20.1. The summed E-state index contributed by atoms with van der Waals surface area (Å²) in [6.45, 7) is 2.10. The molecule has 0 radical (unpaired) electrons. The minimum absolute atomic E-state index is 0.0497. The van der Waals surface area contributed by atoms with Crippen molar-refractivity contribution in [2.45, 2.75) is 31.7 Å². The van der Waals surface area contributed by atoms with Crippen molar-refractivity contribution in [1.82, 2.24) is 10.3 Å². The molecule has 3 aromatic rings. The molecule has 0 spiro atoms. The van der Waals surface area contributed by atoms with Crippen LogP contribution in [0.2, 0.25) is 5.02 Å². The second-order valence-electron chi connectivity index (χ2n) is 8.40. The number of nitrogens with zero attached hydrogens (tertiary/aromatic N) is 1. The van der Waals surface area contributed by atoms with Crippen molar-refractivity contribution in [2.24, 2.45) is 17.8 Å². The van der Waals surface area contributed by atoms with Gasteiger partial charge in [-0.25, -0.2) is 4.39 Å². The molecule has 0 aliphatic heterocycles. The molecule has 5 rings (SSSR count). The molecule has 3 nitrogen and oxygen atoms in total. The largest absolute Gasteiger partial charge is 0.349 e. The van der Waals surface area contributed by atoms with E-state index in [9.17, 15) is 9.18 Å². The molecule has 148 valence electrons. The fourth-order valence-electron chi connectivity index (χ4n) is 5.37. The number of nitrogens with one attached hydrogen (secondary N) is 1. The van der Waals surface area contributed by atoms with Gasteiger partial charge in [0.2, 0.25) is 0 Å². The molecule has 29 heavy (non-hydrogen) atoms. The van der Waals surface area contributed by atoms with Gasteiger partial charge in [0.05, 0.1) is 5.52 Å². The summed E-state index contributed by atoms with van der Waals surface area (Å²) in [5.41, 5.74) is 2.69. The first kappa shape index (κ1) is 18.6. The first-order valence-electron chi connectivity index (χ1n) is 10.1. The number of carbonyl (C=O) groups excluding carboxylic acids is 1. The Bertz CT molecular complexity index is 1070. The molecule has 1 aromatic heterocycles. The van der Waals surface area contributed by atoms with Crippen LogP contribution in [0.5, 0.6) is 0 Å². The summed E-state index contributed by atoms with van der Waals surface area (Å²) in [5, 5.41) is 4.71. The fourth-order valence-corrected chi connectivity index (χ4v) is 5.50. The molecule has 1 N–H and O–H groups in total. The van der Waals surface area contributed by atoms with Gasteiger partial charge in [-0.05, 0) is 97.5 Å². The topological polar surface area (TPSA) is 42.0 Å². The summed E-state index contributed by atoms with van der Waals surface area (Å²) in [4.78, 5) is 16.9. The Labute approximate surface area is 174 Å².